The molecule has 0 heterocycles. The molecule has 1 nitrogen and oxygen atoms in total. The third-order valence-electron chi connectivity index (χ3n) is 1.21. The third kappa shape index (κ3) is 1.41. The van der Waals surface area contributed by atoms with Gasteiger partial charge in [-0.2, -0.15) is 0 Å². The van der Waals surface area contributed by atoms with Gasteiger partial charge in [-0.3, -0.25) is 0 Å². The van der Waals surface area contributed by atoms with Crippen LogP contribution in [0.1, 0.15) is 5.56 Å². The van der Waals surface area contributed by atoms with Gasteiger partial charge in [-0.1, -0.05) is 0 Å². The molecular formula is C7H8OS2. The molecule has 0 aliphatic heterocycles. The molecule has 0 saturated carbocycles. The van der Waals surface area contributed by atoms with Gasteiger partial charge in [0.15, 0.2) is 0 Å². The first kappa shape index (κ1) is 7.82. The Hall–Kier alpha value is -0.280. The molecule has 0 spiro atoms. The van der Waals surface area contributed by atoms with Gasteiger partial charge in [0.25, 0.3) is 0 Å². The van der Waals surface area contributed by atoms with Crippen LogP contribution in [0.4, 0.5) is 0 Å². The minimum absolute atomic E-state index is 0.150. The van der Waals surface area contributed by atoms with Crippen LogP contribution >= 0.6 is 25.3 Å². The predicted octanol–water partition coefficient (Wildman–Crippen LogP) is 2.28. The maximum Gasteiger partial charge on any atom is 0.142 e. The molecule has 0 fully saturated rings. The Kier molecular flexibility index (Phi) is 2.16. The first-order valence-corrected chi connectivity index (χ1v) is 3.72. The van der Waals surface area contributed by atoms with Crippen molar-refractivity contribution >= 4 is 25.3 Å². The van der Waals surface area contributed by atoms with Gasteiger partial charge in [0.1, 0.15) is 5.75 Å². The Balaban J connectivity index is 3.31. The van der Waals surface area contributed by atoms with Crippen molar-refractivity contribution in [1.29, 1.82) is 0 Å². The van der Waals surface area contributed by atoms with Crippen LogP contribution in [-0.2, 0) is 0 Å². The third-order valence-corrected chi connectivity index (χ3v) is 1.90. The number of benzene rings is 1. The van der Waals surface area contributed by atoms with E-state index >= 15 is 0 Å². The SMILES string of the molecule is Cc1cc(S)c(O)c(S)c1. The van der Waals surface area contributed by atoms with Crippen LogP contribution in [0, 0.1) is 6.92 Å². The van der Waals surface area contributed by atoms with Crippen molar-refractivity contribution in [3.05, 3.63) is 17.7 Å². The summed E-state index contributed by atoms with van der Waals surface area (Å²) in [6, 6.07) is 3.58. The Morgan fingerprint density at radius 1 is 1.20 bits per heavy atom. The van der Waals surface area contributed by atoms with E-state index < -0.39 is 0 Å². The van der Waals surface area contributed by atoms with E-state index in [1.54, 1.807) is 12.1 Å². The smallest absolute Gasteiger partial charge is 0.142 e. The molecule has 0 radical (unpaired) electrons. The van der Waals surface area contributed by atoms with Gasteiger partial charge >= 0.3 is 0 Å². The maximum absolute atomic E-state index is 9.18. The second-order valence-electron chi connectivity index (χ2n) is 2.15. The summed E-state index contributed by atoms with van der Waals surface area (Å²) in [5.74, 6) is 0.150. The molecular weight excluding hydrogens is 164 g/mol. The molecule has 0 amide bonds. The highest BCUT2D eigenvalue weighted by atomic mass is 32.1. The lowest BCUT2D eigenvalue weighted by Gasteiger charge is -2.01. The molecule has 0 aliphatic carbocycles. The summed E-state index contributed by atoms with van der Waals surface area (Å²) in [6.45, 7) is 1.93. The van der Waals surface area contributed by atoms with Crippen LogP contribution in [0.3, 0.4) is 0 Å². The number of hydrogen-bond acceptors (Lipinski definition) is 3. The molecule has 0 saturated heterocycles. The number of hydrogen-bond donors (Lipinski definition) is 3. The maximum atomic E-state index is 9.18. The molecule has 0 aromatic heterocycles. The van der Waals surface area contributed by atoms with Crippen molar-refractivity contribution in [2.24, 2.45) is 0 Å². The highest BCUT2D eigenvalue weighted by Gasteiger charge is 2.00. The zero-order chi connectivity index (χ0) is 7.72. The first-order valence-electron chi connectivity index (χ1n) is 2.83. The summed E-state index contributed by atoms with van der Waals surface area (Å²) < 4.78 is 0. The van der Waals surface area contributed by atoms with E-state index in [1.165, 1.54) is 0 Å². The summed E-state index contributed by atoms with van der Waals surface area (Å²) in [6.07, 6.45) is 0. The van der Waals surface area contributed by atoms with E-state index in [0.29, 0.717) is 9.79 Å². The molecule has 1 aromatic carbocycles. The standard InChI is InChI=1S/C7H8OS2/c1-4-2-5(9)7(8)6(10)3-4/h2-3,8-10H,1H3. The lowest BCUT2D eigenvalue weighted by atomic mass is 10.2. The highest BCUT2D eigenvalue weighted by Crippen LogP contribution is 2.29. The van der Waals surface area contributed by atoms with E-state index in [9.17, 15) is 5.11 Å². The van der Waals surface area contributed by atoms with Crippen molar-refractivity contribution in [2.75, 3.05) is 0 Å². The molecule has 3 heteroatoms. The zero-order valence-corrected chi connectivity index (χ0v) is 7.29. The molecule has 0 unspecified atom stereocenters. The largest absolute Gasteiger partial charge is 0.506 e. The molecule has 1 aromatic rings. The number of phenols is 1. The average Bonchev–Trinajstić information content (AvgIpc) is 1.82. The van der Waals surface area contributed by atoms with Crippen molar-refractivity contribution in [2.45, 2.75) is 16.7 Å². The zero-order valence-electron chi connectivity index (χ0n) is 5.50. The van der Waals surface area contributed by atoms with E-state index in [0.717, 1.165) is 5.56 Å². The van der Waals surface area contributed by atoms with Crippen molar-refractivity contribution in [1.82, 2.24) is 0 Å². The number of rotatable bonds is 0. The van der Waals surface area contributed by atoms with Crippen molar-refractivity contribution in [3.63, 3.8) is 0 Å². The number of phenolic OH excluding ortho intramolecular Hbond substituents is 1. The van der Waals surface area contributed by atoms with Gasteiger partial charge in [0.2, 0.25) is 0 Å². The van der Waals surface area contributed by atoms with Crippen LogP contribution in [0.5, 0.6) is 5.75 Å². The fraction of sp³-hybridized carbons (Fsp3) is 0.143. The van der Waals surface area contributed by atoms with Crippen LogP contribution in [0.2, 0.25) is 0 Å². The Morgan fingerprint density at radius 3 is 2.00 bits per heavy atom. The summed E-state index contributed by atoms with van der Waals surface area (Å²) in [4.78, 5) is 1.15. The average molecular weight is 172 g/mol. The van der Waals surface area contributed by atoms with Gasteiger partial charge in [-0.05, 0) is 24.6 Å². The van der Waals surface area contributed by atoms with E-state index in [1.807, 2.05) is 6.92 Å². The van der Waals surface area contributed by atoms with Gasteiger partial charge in [-0.25, -0.2) is 0 Å². The summed E-state index contributed by atoms with van der Waals surface area (Å²) in [5.41, 5.74) is 1.05. The summed E-state index contributed by atoms with van der Waals surface area (Å²) in [7, 11) is 0. The fourth-order valence-electron chi connectivity index (χ4n) is 0.741. The first-order chi connectivity index (χ1) is 4.61. The quantitative estimate of drug-likeness (QED) is 0.513. The van der Waals surface area contributed by atoms with Crippen LogP contribution in [0.25, 0.3) is 0 Å². The van der Waals surface area contributed by atoms with Crippen LogP contribution in [0.15, 0.2) is 21.9 Å². The Labute approximate surface area is 70.9 Å². The lowest BCUT2D eigenvalue weighted by molar-refractivity contribution is 0.449. The number of aryl methyl sites for hydroxylation is 1. The molecule has 10 heavy (non-hydrogen) atoms. The number of thiol groups is 2. The summed E-state index contributed by atoms with van der Waals surface area (Å²) in [5, 5.41) is 9.18. The van der Waals surface area contributed by atoms with Gasteiger partial charge in [0.05, 0.1) is 0 Å². The van der Waals surface area contributed by atoms with Gasteiger partial charge in [-0.15, -0.1) is 25.3 Å². The Morgan fingerprint density at radius 2 is 1.60 bits per heavy atom. The van der Waals surface area contributed by atoms with Crippen molar-refractivity contribution in [3.8, 4) is 5.75 Å². The van der Waals surface area contributed by atoms with E-state index in [-0.39, 0.29) is 5.75 Å². The number of aromatic hydroxyl groups is 1. The van der Waals surface area contributed by atoms with Gasteiger partial charge in [0, 0.05) is 9.79 Å². The van der Waals surface area contributed by atoms with Crippen LogP contribution in [-0.4, -0.2) is 5.11 Å². The second-order valence-corrected chi connectivity index (χ2v) is 3.12. The van der Waals surface area contributed by atoms with Gasteiger partial charge < -0.3 is 5.11 Å². The molecule has 0 atom stereocenters. The topological polar surface area (TPSA) is 20.2 Å². The highest BCUT2D eigenvalue weighted by molar-refractivity contribution is 7.81. The fourth-order valence-corrected chi connectivity index (χ4v) is 1.48. The van der Waals surface area contributed by atoms with E-state index in [4.69, 9.17) is 0 Å². The molecule has 54 valence electrons. The molecule has 1 rings (SSSR count). The minimum Gasteiger partial charge on any atom is -0.506 e. The van der Waals surface area contributed by atoms with Crippen molar-refractivity contribution < 1.29 is 5.11 Å². The molecule has 0 bridgehead atoms. The summed E-state index contributed by atoms with van der Waals surface area (Å²) >= 11 is 8.08. The molecule has 1 N–H and O–H groups in total. The Bertz CT molecular complexity index is 235. The van der Waals surface area contributed by atoms with E-state index in [2.05, 4.69) is 25.3 Å². The second kappa shape index (κ2) is 2.76. The predicted molar refractivity (Wildman–Crippen MR) is 47.3 cm³/mol. The monoisotopic (exact) mass is 172 g/mol. The van der Waals surface area contributed by atoms with Crippen LogP contribution < -0.4 is 0 Å². The molecule has 0 aliphatic rings. The normalized spacial score (nSPS) is 9.90. The lowest BCUT2D eigenvalue weighted by Crippen LogP contribution is -1.76. The minimum atomic E-state index is 0.150.